The summed E-state index contributed by atoms with van der Waals surface area (Å²) >= 11 is 1.53. The number of nitrogens with two attached hydrogens (primary N) is 1. The standard InChI is InChI=1S/C23H20N4O2S/c24-22-20(26-18(13-25-22)17-11-12-30-14-17)23(29)27-19(15-7-3-1-4-8-15)21(28)16-9-5-2-6-10-16/h1-14,19,21,28H,(H2,24,25)(H,27,29)/t19-,21+/m0/s1. The van der Waals surface area contributed by atoms with E-state index in [1.807, 2.05) is 77.5 Å². The summed E-state index contributed by atoms with van der Waals surface area (Å²) in [6.07, 6.45) is 0.591. The average molecular weight is 417 g/mol. The van der Waals surface area contributed by atoms with Crippen LogP contribution in [0, 0.1) is 0 Å². The third-order valence-electron chi connectivity index (χ3n) is 4.73. The van der Waals surface area contributed by atoms with Gasteiger partial charge < -0.3 is 16.2 Å². The molecule has 0 spiro atoms. The first-order valence-electron chi connectivity index (χ1n) is 9.37. The molecule has 0 bridgehead atoms. The maximum Gasteiger partial charge on any atom is 0.274 e. The Morgan fingerprint density at radius 2 is 1.67 bits per heavy atom. The number of carbonyl (C=O) groups excluding carboxylic acids is 1. The number of carbonyl (C=O) groups is 1. The third kappa shape index (κ3) is 4.22. The van der Waals surface area contributed by atoms with Crippen LogP contribution in [0.4, 0.5) is 5.82 Å². The summed E-state index contributed by atoms with van der Waals surface area (Å²) in [6.45, 7) is 0. The molecular weight excluding hydrogens is 396 g/mol. The van der Waals surface area contributed by atoms with Gasteiger partial charge in [-0.05, 0) is 22.6 Å². The quantitative estimate of drug-likeness (QED) is 0.441. The van der Waals surface area contributed by atoms with Crippen LogP contribution in [0.25, 0.3) is 11.3 Å². The molecule has 0 saturated carbocycles. The van der Waals surface area contributed by atoms with Gasteiger partial charge in [-0.15, -0.1) is 0 Å². The molecule has 2 heterocycles. The van der Waals surface area contributed by atoms with Crippen LogP contribution in [-0.2, 0) is 0 Å². The van der Waals surface area contributed by atoms with Crippen LogP contribution in [0.1, 0.15) is 33.8 Å². The topological polar surface area (TPSA) is 101 Å². The molecule has 0 unspecified atom stereocenters. The second-order valence-electron chi connectivity index (χ2n) is 6.72. The molecule has 7 heteroatoms. The van der Waals surface area contributed by atoms with Crippen molar-refractivity contribution in [2.45, 2.75) is 12.1 Å². The Morgan fingerprint density at radius 1 is 1.00 bits per heavy atom. The molecule has 30 heavy (non-hydrogen) atoms. The minimum atomic E-state index is -0.952. The first kappa shape index (κ1) is 19.8. The number of benzene rings is 2. The number of thiophene rings is 1. The van der Waals surface area contributed by atoms with Crippen molar-refractivity contribution in [3.05, 3.63) is 101 Å². The molecular formula is C23H20N4O2S. The van der Waals surface area contributed by atoms with Gasteiger partial charge in [0.05, 0.1) is 17.9 Å². The molecule has 4 N–H and O–H groups in total. The summed E-state index contributed by atoms with van der Waals surface area (Å²) in [6, 6.07) is 19.7. The Bertz CT molecular complexity index is 1120. The van der Waals surface area contributed by atoms with E-state index in [0.717, 1.165) is 11.1 Å². The summed E-state index contributed by atoms with van der Waals surface area (Å²) < 4.78 is 0. The van der Waals surface area contributed by atoms with Gasteiger partial charge in [0.15, 0.2) is 11.5 Å². The Labute approximate surface area is 178 Å². The number of aliphatic hydroxyl groups excluding tert-OH is 1. The minimum absolute atomic E-state index is 0.0277. The van der Waals surface area contributed by atoms with Gasteiger partial charge in [-0.3, -0.25) is 4.79 Å². The van der Waals surface area contributed by atoms with Crippen LogP contribution >= 0.6 is 11.3 Å². The van der Waals surface area contributed by atoms with Gasteiger partial charge in [-0.2, -0.15) is 11.3 Å². The lowest BCUT2D eigenvalue weighted by Crippen LogP contribution is -2.34. The highest BCUT2D eigenvalue weighted by molar-refractivity contribution is 7.08. The van der Waals surface area contributed by atoms with Crippen LogP contribution in [0.2, 0.25) is 0 Å². The van der Waals surface area contributed by atoms with E-state index < -0.39 is 18.1 Å². The monoisotopic (exact) mass is 416 g/mol. The summed E-state index contributed by atoms with van der Waals surface area (Å²) in [5.74, 6) is -0.464. The van der Waals surface area contributed by atoms with Crippen molar-refractivity contribution in [1.82, 2.24) is 15.3 Å². The molecule has 0 aliphatic rings. The maximum atomic E-state index is 13.1. The zero-order valence-corrected chi connectivity index (χ0v) is 16.8. The van der Waals surface area contributed by atoms with E-state index in [1.54, 1.807) is 6.20 Å². The highest BCUT2D eigenvalue weighted by Gasteiger charge is 2.26. The summed E-state index contributed by atoms with van der Waals surface area (Å²) in [5.41, 5.74) is 8.87. The number of aromatic nitrogens is 2. The van der Waals surface area contributed by atoms with E-state index in [4.69, 9.17) is 5.73 Å². The van der Waals surface area contributed by atoms with Gasteiger partial charge in [0.25, 0.3) is 5.91 Å². The number of hydrogen-bond acceptors (Lipinski definition) is 6. The molecule has 0 aliphatic carbocycles. The first-order valence-corrected chi connectivity index (χ1v) is 10.3. The lowest BCUT2D eigenvalue weighted by molar-refractivity contribution is 0.0827. The smallest absolute Gasteiger partial charge is 0.274 e. The van der Waals surface area contributed by atoms with Crippen LogP contribution in [0.15, 0.2) is 83.7 Å². The maximum absolute atomic E-state index is 13.1. The van der Waals surface area contributed by atoms with Gasteiger partial charge in [0.1, 0.15) is 6.10 Å². The normalized spacial score (nSPS) is 12.8. The second kappa shape index (κ2) is 8.86. The number of anilines is 1. The van der Waals surface area contributed by atoms with E-state index in [1.165, 1.54) is 11.3 Å². The summed E-state index contributed by atoms with van der Waals surface area (Å²) in [7, 11) is 0. The zero-order chi connectivity index (χ0) is 20.9. The molecule has 0 radical (unpaired) electrons. The molecule has 0 saturated heterocycles. The Balaban J connectivity index is 1.66. The summed E-state index contributed by atoms with van der Waals surface area (Å²) in [5, 5.41) is 17.8. The van der Waals surface area contributed by atoms with Gasteiger partial charge in [-0.25, -0.2) is 9.97 Å². The van der Waals surface area contributed by atoms with Gasteiger partial charge in [0.2, 0.25) is 0 Å². The number of aliphatic hydroxyl groups is 1. The fraction of sp³-hybridized carbons (Fsp3) is 0.0870. The fourth-order valence-electron chi connectivity index (χ4n) is 3.17. The molecule has 1 amide bonds. The minimum Gasteiger partial charge on any atom is -0.386 e. The molecule has 6 nitrogen and oxygen atoms in total. The number of nitrogen functional groups attached to an aromatic ring is 1. The number of amides is 1. The third-order valence-corrected chi connectivity index (χ3v) is 5.42. The Kier molecular flexibility index (Phi) is 5.83. The van der Waals surface area contributed by atoms with Crippen LogP contribution in [0.5, 0.6) is 0 Å². The number of nitrogens with zero attached hydrogens (tertiary/aromatic N) is 2. The molecule has 2 aromatic carbocycles. The average Bonchev–Trinajstić information content (AvgIpc) is 3.33. The molecule has 4 rings (SSSR count). The Morgan fingerprint density at radius 3 is 2.30 bits per heavy atom. The lowest BCUT2D eigenvalue weighted by atomic mass is 9.95. The van der Waals surface area contributed by atoms with Gasteiger partial charge in [-0.1, -0.05) is 60.7 Å². The van der Waals surface area contributed by atoms with Crippen molar-refractivity contribution in [3.8, 4) is 11.3 Å². The van der Waals surface area contributed by atoms with Crippen molar-refractivity contribution in [3.63, 3.8) is 0 Å². The van der Waals surface area contributed by atoms with E-state index >= 15 is 0 Å². The van der Waals surface area contributed by atoms with Crippen molar-refractivity contribution >= 4 is 23.1 Å². The molecule has 0 aliphatic heterocycles. The highest BCUT2D eigenvalue weighted by atomic mass is 32.1. The van der Waals surface area contributed by atoms with E-state index in [-0.39, 0.29) is 11.5 Å². The van der Waals surface area contributed by atoms with Gasteiger partial charge in [0, 0.05) is 10.9 Å². The van der Waals surface area contributed by atoms with Crippen molar-refractivity contribution in [1.29, 1.82) is 0 Å². The van der Waals surface area contributed by atoms with Gasteiger partial charge >= 0.3 is 0 Å². The molecule has 0 fully saturated rings. The second-order valence-corrected chi connectivity index (χ2v) is 7.50. The van der Waals surface area contributed by atoms with E-state index in [9.17, 15) is 9.90 Å². The van der Waals surface area contributed by atoms with Crippen LogP contribution in [-0.4, -0.2) is 21.0 Å². The molecule has 4 aromatic rings. The van der Waals surface area contributed by atoms with E-state index in [0.29, 0.717) is 11.3 Å². The van der Waals surface area contributed by atoms with Crippen LogP contribution < -0.4 is 11.1 Å². The van der Waals surface area contributed by atoms with Crippen molar-refractivity contribution < 1.29 is 9.90 Å². The number of rotatable bonds is 6. The first-order chi connectivity index (χ1) is 14.6. The largest absolute Gasteiger partial charge is 0.386 e. The predicted octanol–water partition coefficient (Wildman–Crippen LogP) is 3.99. The van der Waals surface area contributed by atoms with Crippen molar-refractivity contribution in [2.24, 2.45) is 0 Å². The Hall–Kier alpha value is -3.55. The number of hydrogen-bond donors (Lipinski definition) is 3. The highest BCUT2D eigenvalue weighted by Crippen LogP contribution is 2.29. The van der Waals surface area contributed by atoms with E-state index in [2.05, 4.69) is 15.3 Å². The SMILES string of the molecule is Nc1ncc(-c2ccsc2)nc1C(=O)N[C@@H](c1ccccc1)[C@H](O)c1ccccc1. The van der Waals surface area contributed by atoms with Crippen LogP contribution in [0.3, 0.4) is 0 Å². The summed E-state index contributed by atoms with van der Waals surface area (Å²) in [4.78, 5) is 21.7. The molecule has 150 valence electrons. The lowest BCUT2D eigenvalue weighted by Gasteiger charge is -2.25. The molecule has 2 atom stereocenters. The fourth-order valence-corrected chi connectivity index (χ4v) is 3.82. The predicted molar refractivity (Wildman–Crippen MR) is 118 cm³/mol. The van der Waals surface area contributed by atoms with Crippen molar-refractivity contribution in [2.75, 3.05) is 5.73 Å². The zero-order valence-electron chi connectivity index (χ0n) is 16.0. The molecule has 2 aromatic heterocycles. The number of nitrogens with one attached hydrogen (secondary N) is 1.